The number of carbonyl (C=O) groups is 1. The van der Waals surface area contributed by atoms with Gasteiger partial charge < -0.3 is 15.0 Å². The molecule has 4 rings (SSSR count). The fourth-order valence-electron chi connectivity index (χ4n) is 4.13. The number of hydrogen-bond acceptors (Lipinski definition) is 3. The van der Waals surface area contributed by atoms with Crippen molar-refractivity contribution in [1.29, 1.82) is 0 Å². The Labute approximate surface area is 176 Å². The molecule has 1 aromatic heterocycles. The minimum atomic E-state index is -4.57. The van der Waals surface area contributed by atoms with Gasteiger partial charge in [-0.15, -0.1) is 0 Å². The zero-order valence-electron chi connectivity index (χ0n) is 16.6. The number of para-hydroxylation sites is 1. The molecule has 1 amide bonds. The molecule has 0 bridgehead atoms. The molecule has 1 fully saturated rings. The Hall–Kier alpha value is -3.13. The van der Waals surface area contributed by atoms with E-state index < -0.39 is 17.3 Å². The van der Waals surface area contributed by atoms with Crippen molar-refractivity contribution in [3.8, 4) is 0 Å². The average molecular weight is 430 g/mol. The van der Waals surface area contributed by atoms with Gasteiger partial charge in [0.1, 0.15) is 0 Å². The number of hydrogen-bond donors (Lipinski definition) is 2. The molecule has 2 heterocycles. The van der Waals surface area contributed by atoms with Gasteiger partial charge in [-0.2, -0.15) is 13.2 Å². The smallest absolute Gasteiger partial charge is 0.385 e. The van der Waals surface area contributed by atoms with Gasteiger partial charge >= 0.3 is 6.18 Å². The maximum atomic E-state index is 13.4. The molecule has 1 saturated heterocycles. The predicted molar refractivity (Wildman–Crippen MR) is 109 cm³/mol. The number of rotatable bonds is 3. The van der Waals surface area contributed by atoms with Crippen molar-refractivity contribution >= 4 is 16.8 Å². The summed E-state index contributed by atoms with van der Waals surface area (Å²) in [6, 6.07) is 13.9. The van der Waals surface area contributed by atoms with Crippen LogP contribution in [-0.4, -0.2) is 34.0 Å². The summed E-state index contributed by atoms with van der Waals surface area (Å²) < 4.78 is 40.1. The van der Waals surface area contributed by atoms with Crippen LogP contribution in [0.2, 0.25) is 0 Å². The number of alkyl halides is 3. The van der Waals surface area contributed by atoms with E-state index in [4.69, 9.17) is 0 Å². The van der Waals surface area contributed by atoms with Gasteiger partial charge in [-0.25, -0.2) is 0 Å². The molecule has 5 nitrogen and oxygen atoms in total. The number of nitrogens with zero attached hydrogens (tertiary/aromatic N) is 1. The fraction of sp³-hybridized carbons (Fsp3) is 0.304. The molecular weight excluding hydrogens is 409 g/mol. The Morgan fingerprint density at radius 3 is 2.42 bits per heavy atom. The van der Waals surface area contributed by atoms with E-state index in [2.05, 4.69) is 4.98 Å². The van der Waals surface area contributed by atoms with Crippen LogP contribution in [-0.2, 0) is 23.0 Å². The normalized spacial score (nSPS) is 16.5. The third kappa shape index (κ3) is 4.20. The number of aromatic amines is 1. The Morgan fingerprint density at radius 1 is 1.06 bits per heavy atom. The monoisotopic (exact) mass is 430 g/mol. The van der Waals surface area contributed by atoms with Gasteiger partial charge in [-0.1, -0.05) is 36.4 Å². The second-order valence-electron chi connectivity index (χ2n) is 7.84. The zero-order valence-corrected chi connectivity index (χ0v) is 16.6. The van der Waals surface area contributed by atoms with E-state index in [9.17, 15) is 27.9 Å². The molecule has 162 valence electrons. The van der Waals surface area contributed by atoms with Crippen LogP contribution < -0.4 is 5.56 Å². The van der Waals surface area contributed by atoms with Crippen molar-refractivity contribution in [2.24, 2.45) is 0 Å². The number of aliphatic hydroxyl groups is 1. The van der Waals surface area contributed by atoms with Crippen LogP contribution in [0, 0.1) is 0 Å². The van der Waals surface area contributed by atoms with E-state index in [1.807, 2.05) is 12.1 Å². The maximum Gasteiger partial charge on any atom is 0.416 e. The SMILES string of the molecule is O=C(Cc1cc2ccccc2[nH]c1=O)N1CCC(O)(c2ccccc2C(F)(F)F)CC1. The van der Waals surface area contributed by atoms with Crippen molar-refractivity contribution in [2.45, 2.75) is 31.0 Å². The summed E-state index contributed by atoms with van der Waals surface area (Å²) in [5.41, 5.74) is -2.04. The quantitative estimate of drug-likeness (QED) is 0.667. The topological polar surface area (TPSA) is 73.4 Å². The first-order valence-corrected chi connectivity index (χ1v) is 9.95. The summed E-state index contributed by atoms with van der Waals surface area (Å²) in [6.45, 7) is 0.208. The van der Waals surface area contributed by atoms with Crippen LogP contribution >= 0.6 is 0 Å². The molecule has 0 aliphatic carbocycles. The number of H-pyrrole nitrogens is 1. The molecule has 0 saturated carbocycles. The average Bonchev–Trinajstić information content (AvgIpc) is 2.74. The Kier molecular flexibility index (Phi) is 5.35. The van der Waals surface area contributed by atoms with Gasteiger partial charge in [0.15, 0.2) is 0 Å². The zero-order chi connectivity index (χ0) is 22.2. The summed E-state index contributed by atoms with van der Waals surface area (Å²) >= 11 is 0. The van der Waals surface area contributed by atoms with E-state index in [-0.39, 0.29) is 49.4 Å². The third-order valence-corrected chi connectivity index (χ3v) is 5.85. The van der Waals surface area contributed by atoms with E-state index in [0.29, 0.717) is 11.1 Å². The number of likely N-dealkylation sites (tertiary alicyclic amines) is 1. The summed E-state index contributed by atoms with van der Waals surface area (Å²) in [6.07, 6.45) is -4.71. The standard InChI is InChI=1S/C23H21F3N2O3/c24-23(25,26)18-7-3-2-6-17(18)22(31)9-11-28(12-10-22)20(29)14-16-13-15-5-1-4-8-19(15)27-21(16)30/h1-8,13,31H,9-12,14H2,(H,27,30). The minimum absolute atomic E-state index is 0.0140. The van der Waals surface area contributed by atoms with E-state index in [0.717, 1.165) is 11.5 Å². The van der Waals surface area contributed by atoms with Crippen molar-refractivity contribution in [1.82, 2.24) is 9.88 Å². The van der Waals surface area contributed by atoms with Crippen LogP contribution in [0.25, 0.3) is 10.9 Å². The minimum Gasteiger partial charge on any atom is -0.385 e. The molecular formula is C23H21F3N2O3. The molecule has 0 atom stereocenters. The van der Waals surface area contributed by atoms with Gasteiger partial charge in [0.25, 0.3) is 5.56 Å². The molecule has 8 heteroatoms. The van der Waals surface area contributed by atoms with Gasteiger partial charge in [-0.05, 0) is 42.0 Å². The van der Waals surface area contributed by atoms with E-state index in [1.165, 1.54) is 23.1 Å². The molecule has 2 N–H and O–H groups in total. The van der Waals surface area contributed by atoms with Gasteiger partial charge in [0.05, 0.1) is 17.6 Å². The lowest BCUT2D eigenvalue weighted by Crippen LogP contribution is -2.46. The Balaban J connectivity index is 1.49. The van der Waals surface area contributed by atoms with Crippen molar-refractivity contribution < 1.29 is 23.1 Å². The fourth-order valence-corrected chi connectivity index (χ4v) is 4.13. The van der Waals surface area contributed by atoms with Gasteiger partial charge in [0, 0.05) is 24.2 Å². The molecule has 2 aromatic carbocycles. The molecule has 0 radical (unpaired) electrons. The summed E-state index contributed by atoms with van der Waals surface area (Å²) in [5, 5.41) is 11.8. The summed E-state index contributed by atoms with van der Waals surface area (Å²) in [7, 11) is 0. The lowest BCUT2D eigenvalue weighted by Gasteiger charge is -2.39. The van der Waals surface area contributed by atoms with E-state index >= 15 is 0 Å². The number of carbonyl (C=O) groups excluding carboxylic acids is 1. The van der Waals surface area contributed by atoms with Crippen molar-refractivity contribution in [3.05, 3.63) is 81.6 Å². The van der Waals surface area contributed by atoms with Crippen molar-refractivity contribution in [2.75, 3.05) is 13.1 Å². The highest BCUT2D eigenvalue weighted by Gasteiger charge is 2.42. The summed E-state index contributed by atoms with van der Waals surface area (Å²) in [5.74, 6) is -0.299. The lowest BCUT2D eigenvalue weighted by molar-refractivity contribution is -0.144. The Morgan fingerprint density at radius 2 is 1.71 bits per heavy atom. The number of fused-ring (bicyclic) bond motifs is 1. The number of piperidine rings is 1. The number of nitrogens with one attached hydrogen (secondary N) is 1. The van der Waals surface area contributed by atoms with Crippen LogP contribution in [0.15, 0.2) is 59.4 Å². The number of aromatic nitrogens is 1. The van der Waals surface area contributed by atoms with Crippen molar-refractivity contribution in [3.63, 3.8) is 0 Å². The Bertz CT molecular complexity index is 1180. The number of amides is 1. The molecule has 3 aromatic rings. The molecule has 0 spiro atoms. The van der Waals surface area contributed by atoms with Crippen LogP contribution in [0.3, 0.4) is 0 Å². The van der Waals surface area contributed by atoms with Crippen LogP contribution in [0.4, 0.5) is 13.2 Å². The van der Waals surface area contributed by atoms with Crippen LogP contribution in [0.5, 0.6) is 0 Å². The van der Waals surface area contributed by atoms with Crippen LogP contribution in [0.1, 0.15) is 29.5 Å². The second kappa shape index (κ2) is 7.85. The summed E-state index contributed by atoms with van der Waals surface area (Å²) in [4.78, 5) is 29.3. The van der Waals surface area contributed by atoms with Gasteiger partial charge in [-0.3, -0.25) is 9.59 Å². The lowest BCUT2D eigenvalue weighted by atomic mass is 9.81. The second-order valence-corrected chi connectivity index (χ2v) is 7.84. The first-order valence-electron chi connectivity index (χ1n) is 9.95. The highest BCUT2D eigenvalue weighted by Crippen LogP contribution is 2.41. The molecule has 0 unspecified atom stereocenters. The highest BCUT2D eigenvalue weighted by atomic mass is 19.4. The van der Waals surface area contributed by atoms with E-state index in [1.54, 1.807) is 18.2 Å². The first-order chi connectivity index (χ1) is 14.7. The molecule has 31 heavy (non-hydrogen) atoms. The highest BCUT2D eigenvalue weighted by molar-refractivity contribution is 5.82. The number of pyridine rings is 1. The first kappa shape index (κ1) is 21.1. The largest absolute Gasteiger partial charge is 0.416 e. The third-order valence-electron chi connectivity index (χ3n) is 5.85. The number of halogens is 3. The molecule has 1 aliphatic rings. The predicted octanol–water partition coefficient (Wildman–Crippen LogP) is 3.60. The van der Waals surface area contributed by atoms with Gasteiger partial charge in [0.2, 0.25) is 5.91 Å². The maximum absolute atomic E-state index is 13.4. The molecule has 1 aliphatic heterocycles. The number of benzene rings is 2.